The zero-order valence-electron chi connectivity index (χ0n) is 13.9. The van der Waals surface area contributed by atoms with Gasteiger partial charge < -0.3 is 14.6 Å². The van der Waals surface area contributed by atoms with Crippen LogP contribution in [0.25, 0.3) is 11.5 Å². The van der Waals surface area contributed by atoms with Gasteiger partial charge in [0.15, 0.2) is 5.82 Å². The molecule has 1 aliphatic heterocycles. The third kappa shape index (κ3) is 6.18. The summed E-state index contributed by atoms with van der Waals surface area (Å²) in [6.45, 7) is 7.12. The second kappa shape index (κ2) is 10.2. The molecular weight excluding hydrogens is 395 g/mol. The smallest absolute Gasteiger partial charge is 0.293 e. The lowest BCUT2D eigenvalue weighted by molar-refractivity contribution is -0.128. The van der Waals surface area contributed by atoms with E-state index in [4.69, 9.17) is 4.52 Å². The van der Waals surface area contributed by atoms with Gasteiger partial charge in [-0.15, -0.1) is 0 Å². The van der Waals surface area contributed by atoms with Crippen LogP contribution in [0.3, 0.4) is 0 Å². The van der Waals surface area contributed by atoms with E-state index >= 15 is 0 Å². The molecule has 9 heteroatoms. The number of rotatable bonds is 5. The molecule has 2 heterocycles. The van der Waals surface area contributed by atoms with Crippen molar-refractivity contribution in [3.8, 4) is 11.5 Å². The lowest BCUT2D eigenvalue weighted by Gasteiger charge is -2.25. The van der Waals surface area contributed by atoms with Crippen molar-refractivity contribution in [3.63, 3.8) is 0 Å². The summed E-state index contributed by atoms with van der Waals surface area (Å²) in [5, 5.41) is 7.21. The summed E-state index contributed by atoms with van der Waals surface area (Å²) >= 11 is 3.31. The Bertz CT molecular complexity index is 677. The molecule has 136 valence electrons. The first-order valence-corrected chi connectivity index (χ1v) is 8.69. The molecule has 0 aliphatic carbocycles. The fraction of sp³-hybridized carbons (Fsp3) is 0.438. The van der Waals surface area contributed by atoms with Crippen molar-refractivity contribution in [1.29, 1.82) is 0 Å². The molecule has 1 aromatic carbocycles. The van der Waals surface area contributed by atoms with E-state index in [0.717, 1.165) is 30.7 Å². The number of aromatic nitrogens is 2. The number of hydrogen-bond donors (Lipinski definition) is 1. The number of halogens is 2. The summed E-state index contributed by atoms with van der Waals surface area (Å²) in [5.41, 5.74) is 0.318. The van der Waals surface area contributed by atoms with E-state index in [1.54, 1.807) is 19.1 Å². The molecule has 2 aromatic rings. The van der Waals surface area contributed by atoms with Crippen molar-refractivity contribution in [2.45, 2.75) is 13.5 Å². The topological polar surface area (TPSA) is 80.5 Å². The van der Waals surface area contributed by atoms with Crippen molar-refractivity contribution < 1.29 is 18.4 Å². The van der Waals surface area contributed by atoms with Crippen LogP contribution in [-0.4, -0.2) is 54.3 Å². The fourth-order valence-electron chi connectivity index (χ4n) is 2.23. The fourth-order valence-corrected chi connectivity index (χ4v) is 2.59. The predicted molar refractivity (Wildman–Crippen MR) is 93.2 cm³/mol. The van der Waals surface area contributed by atoms with E-state index in [0.29, 0.717) is 31.0 Å². The summed E-state index contributed by atoms with van der Waals surface area (Å²) in [6, 6.07) is 4.65. The first-order valence-electron chi connectivity index (χ1n) is 7.90. The highest BCUT2D eigenvalue weighted by molar-refractivity contribution is 9.10. The van der Waals surface area contributed by atoms with Crippen molar-refractivity contribution in [3.05, 3.63) is 34.3 Å². The maximum absolute atomic E-state index is 13.8. The normalized spacial score (nSPS) is 14.5. The molecule has 3 rings (SSSR count). The number of benzene rings is 1. The molecule has 1 N–H and O–H groups in total. The van der Waals surface area contributed by atoms with E-state index < -0.39 is 0 Å². The van der Waals surface area contributed by atoms with Crippen LogP contribution >= 0.6 is 15.9 Å². The number of nitrogens with one attached hydrogen (secondary N) is 1. The summed E-state index contributed by atoms with van der Waals surface area (Å²) in [6.07, 6.45) is 0. The Hall–Kier alpha value is -1.84. The second-order valence-electron chi connectivity index (χ2n) is 5.22. The Morgan fingerprint density at radius 1 is 1.44 bits per heavy atom. The van der Waals surface area contributed by atoms with Gasteiger partial charge in [-0.2, -0.15) is 4.98 Å². The molecule has 25 heavy (non-hydrogen) atoms. The maximum atomic E-state index is 13.8. The third-order valence-electron chi connectivity index (χ3n) is 3.44. The number of piperazine rings is 1. The lowest BCUT2D eigenvalue weighted by atomic mass is 10.2. The van der Waals surface area contributed by atoms with Crippen LogP contribution in [0.1, 0.15) is 12.7 Å². The molecule has 0 radical (unpaired) electrons. The monoisotopic (exact) mass is 414 g/mol. The predicted octanol–water partition coefficient (Wildman–Crippen LogP) is 2.22. The molecular formula is C16H20BrFN4O3. The van der Waals surface area contributed by atoms with Crippen molar-refractivity contribution in [1.82, 2.24) is 20.4 Å². The third-order valence-corrected chi connectivity index (χ3v) is 3.93. The maximum Gasteiger partial charge on any atom is 0.293 e. The molecule has 1 aliphatic rings. The van der Waals surface area contributed by atoms with Gasteiger partial charge in [0.05, 0.1) is 18.7 Å². The van der Waals surface area contributed by atoms with Gasteiger partial charge in [0, 0.05) is 30.7 Å². The van der Waals surface area contributed by atoms with Gasteiger partial charge in [0.25, 0.3) is 12.4 Å². The summed E-state index contributed by atoms with van der Waals surface area (Å²) in [7, 11) is 0. The van der Waals surface area contributed by atoms with Crippen molar-refractivity contribution in [2.75, 3.05) is 32.8 Å². The molecule has 1 aromatic heterocycles. The number of carbonyl (C=O) groups is 1. The summed E-state index contributed by atoms with van der Waals surface area (Å²) in [5.74, 6) is 0.431. The SMILES string of the molecule is CCOC=O.Fc1ccc(Br)cc1-c1nc(CN2CCNCC2)no1. The van der Waals surface area contributed by atoms with Crippen LogP contribution in [0.5, 0.6) is 0 Å². The van der Waals surface area contributed by atoms with Crippen LogP contribution in [0, 0.1) is 5.82 Å². The average molecular weight is 415 g/mol. The van der Waals surface area contributed by atoms with Crippen LogP contribution in [-0.2, 0) is 16.1 Å². The summed E-state index contributed by atoms with van der Waals surface area (Å²) in [4.78, 5) is 15.7. The van der Waals surface area contributed by atoms with Gasteiger partial charge in [-0.05, 0) is 25.1 Å². The van der Waals surface area contributed by atoms with E-state index in [1.807, 2.05) is 0 Å². The summed E-state index contributed by atoms with van der Waals surface area (Å²) < 4.78 is 23.8. The number of ether oxygens (including phenoxy) is 1. The van der Waals surface area contributed by atoms with E-state index in [2.05, 4.69) is 41.0 Å². The minimum Gasteiger partial charge on any atom is -0.468 e. The molecule has 0 saturated carbocycles. The Balaban J connectivity index is 0.000000399. The number of nitrogens with zero attached hydrogens (tertiary/aromatic N) is 3. The molecule has 0 spiro atoms. The highest BCUT2D eigenvalue weighted by atomic mass is 79.9. The lowest BCUT2D eigenvalue weighted by Crippen LogP contribution is -2.43. The first kappa shape index (κ1) is 19.5. The zero-order chi connectivity index (χ0) is 18.1. The highest BCUT2D eigenvalue weighted by Crippen LogP contribution is 2.25. The highest BCUT2D eigenvalue weighted by Gasteiger charge is 2.17. The average Bonchev–Trinajstić information content (AvgIpc) is 3.07. The molecule has 0 bridgehead atoms. The van der Waals surface area contributed by atoms with Gasteiger partial charge in [-0.25, -0.2) is 4.39 Å². The Morgan fingerprint density at radius 2 is 2.20 bits per heavy atom. The Morgan fingerprint density at radius 3 is 2.84 bits per heavy atom. The van der Waals surface area contributed by atoms with Gasteiger partial charge in [-0.1, -0.05) is 21.1 Å². The van der Waals surface area contributed by atoms with Gasteiger partial charge in [0.1, 0.15) is 5.82 Å². The van der Waals surface area contributed by atoms with Crippen LogP contribution in [0.15, 0.2) is 27.2 Å². The van der Waals surface area contributed by atoms with E-state index in [1.165, 1.54) is 6.07 Å². The van der Waals surface area contributed by atoms with Crippen LogP contribution in [0.2, 0.25) is 0 Å². The second-order valence-corrected chi connectivity index (χ2v) is 6.13. The number of carbonyl (C=O) groups excluding carboxylic acids is 1. The van der Waals surface area contributed by atoms with Crippen molar-refractivity contribution >= 4 is 22.4 Å². The minimum atomic E-state index is -0.370. The molecule has 0 amide bonds. The molecule has 1 saturated heterocycles. The van der Waals surface area contributed by atoms with Gasteiger partial charge >= 0.3 is 0 Å². The number of hydrogen-bond acceptors (Lipinski definition) is 7. The molecule has 0 unspecified atom stereocenters. The van der Waals surface area contributed by atoms with Gasteiger partial charge in [-0.3, -0.25) is 9.69 Å². The van der Waals surface area contributed by atoms with Crippen molar-refractivity contribution in [2.24, 2.45) is 0 Å². The standard InChI is InChI=1S/C13H14BrFN4O.C3H6O2/c14-9-1-2-11(15)10(7-9)13-17-12(18-20-13)8-19-5-3-16-4-6-19;1-2-5-3-4/h1-2,7,16H,3-6,8H2;3H,2H2,1H3. The van der Waals surface area contributed by atoms with Gasteiger partial charge in [0.2, 0.25) is 0 Å². The quantitative estimate of drug-likeness (QED) is 0.751. The molecule has 7 nitrogen and oxygen atoms in total. The minimum absolute atomic E-state index is 0.217. The van der Waals surface area contributed by atoms with Crippen LogP contribution < -0.4 is 5.32 Å². The largest absolute Gasteiger partial charge is 0.468 e. The van der Waals surface area contributed by atoms with E-state index in [9.17, 15) is 9.18 Å². The van der Waals surface area contributed by atoms with E-state index in [-0.39, 0.29) is 11.7 Å². The molecule has 1 fully saturated rings. The Labute approximate surface area is 153 Å². The molecule has 0 atom stereocenters. The first-order chi connectivity index (χ1) is 12.1. The Kier molecular flexibility index (Phi) is 7.96. The zero-order valence-corrected chi connectivity index (χ0v) is 15.5. The van der Waals surface area contributed by atoms with Crippen LogP contribution in [0.4, 0.5) is 4.39 Å².